The Kier molecular flexibility index (Phi) is 8.57. The van der Waals surface area contributed by atoms with Crippen molar-refractivity contribution in [2.75, 3.05) is 20.2 Å². The third kappa shape index (κ3) is 8.01. The highest BCUT2D eigenvalue weighted by atomic mass is 16.5. The second-order valence-electron chi connectivity index (χ2n) is 3.37. The number of rotatable bonds is 8. The van der Waals surface area contributed by atoms with Gasteiger partial charge in [0.15, 0.2) is 0 Å². The van der Waals surface area contributed by atoms with Gasteiger partial charge in [0.2, 0.25) is 0 Å². The molecule has 0 saturated carbocycles. The molecule has 0 aromatic rings. The van der Waals surface area contributed by atoms with E-state index in [-0.39, 0.29) is 12.0 Å². The summed E-state index contributed by atoms with van der Waals surface area (Å²) in [5, 5.41) is 3.07. The number of carbonyl (C=O) groups is 1. The number of nitrogens with one attached hydrogen (secondary N) is 1. The van der Waals surface area contributed by atoms with E-state index in [1.165, 1.54) is 0 Å². The van der Waals surface area contributed by atoms with E-state index in [0.717, 1.165) is 25.8 Å². The Labute approximate surface area is 86.2 Å². The van der Waals surface area contributed by atoms with E-state index >= 15 is 0 Å². The van der Waals surface area contributed by atoms with Gasteiger partial charge >= 0.3 is 5.97 Å². The van der Waals surface area contributed by atoms with Gasteiger partial charge in [-0.2, -0.15) is 0 Å². The Hall–Kier alpha value is -0.610. The van der Waals surface area contributed by atoms with Crippen molar-refractivity contribution in [3.8, 4) is 0 Å². The van der Waals surface area contributed by atoms with Crippen LogP contribution >= 0.6 is 0 Å². The van der Waals surface area contributed by atoms with Crippen molar-refractivity contribution in [2.24, 2.45) is 5.73 Å². The molecule has 4 nitrogen and oxygen atoms in total. The molecular formula is C10H22N2O2. The normalized spacial score (nSPS) is 12.5. The van der Waals surface area contributed by atoms with Gasteiger partial charge in [-0.25, -0.2) is 0 Å². The average Bonchev–Trinajstić information content (AvgIpc) is 2.13. The molecular weight excluding hydrogens is 180 g/mol. The van der Waals surface area contributed by atoms with Crippen LogP contribution in [0, 0.1) is 0 Å². The lowest BCUT2D eigenvalue weighted by molar-refractivity contribution is -0.143. The van der Waals surface area contributed by atoms with Gasteiger partial charge in [0.25, 0.3) is 0 Å². The molecule has 0 fully saturated rings. The molecule has 0 aliphatic rings. The fraction of sp³-hybridized carbons (Fsp3) is 0.900. The summed E-state index contributed by atoms with van der Waals surface area (Å²) in [7, 11) is 1.93. The smallest absolute Gasteiger partial charge is 0.307 e. The minimum atomic E-state index is -0.186. The zero-order valence-electron chi connectivity index (χ0n) is 9.21. The summed E-state index contributed by atoms with van der Waals surface area (Å²) in [6.45, 7) is 3.24. The molecule has 14 heavy (non-hydrogen) atoms. The summed E-state index contributed by atoms with van der Waals surface area (Å²) >= 11 is 0. The molecule has 84 valence electrons. The van der Waals surface area contributed by atoms with E-state index in [9.17, 15) is 4.79 Å². The summed E-state index contributed by atoms with van der Waals surface area (Å²) in [5.74, 6) is -0.186. The summed E-state index contributed by atoms with van der Waals surface area (Å²) in [6, 6.07) is -0.0501. The minimum absolute atomic E-state index is 0.0501. The van der Waals surface area contributed by atoms with Crippen LogP contribution < -0.4 is 11.1 Å². The Bertz CT molecular complexity index is 151. The fourth-order valence-corrected chi connectivity index (χ4v) is 1.24. The van der Waals surface area contributed by atoms with Crippen LogP contribution in [0.1, 0.15) is 32.6 Å². The topological polar surface area (TPSA) is 64.3 Å². The van der Waals surface area contributed by atoms with Crippen molar-refractivity contribution in [1.29, 1.82) is 0 Å². The predicted molar refractivity (Wildman–Crippen MR) is 57.0 cm³/mol. The minimum Gasteiger partial charge on any atom is -0.466 e. The molecule has 3 N–H and O–H groups in total. The lowest BCUT2D eigenvalue weighted by Gasteiger charge is -2.10. The van der Waals surface area contributed by atoms with E-state index in [0.29, 0.717) is 13.0 Å². The molecule has 0 heterocycles. The Morgan fingerprint density at radius 3 is 2.79 bits per heavy atom. The van der Waals surface area contributed by atoms with E-state index in [4.69, 9.17) is 10.5 Å². The van der Waals surface area contributed by atoms with Gasteiger partial charge in [-0.3, -0.25) is 4.79 Å². The van der Waals surface area contributed by atoms with Crippen LogP contribution in [0.4, 0.5) is 0 Å². The zero-order valence-corrected chi connectivity index (χ0v) is 9.21. The van der Waals surface area contributed by atoms with Crippen LogP contribution in [-0.4, -0.2) is 32.2 Å². The first-order valence-corrected chi connectivity index (χ1v) is 5.26. The SMILES string of the molecule is CCOC(=O)CC(N)CCCCNC. The third-order valence-corrected chi connectivity index (χ3v) is 1.99. The lowest BCUT2D eigenvalue weighted by Crippen LogP contribution is -2.25. The number of unbranched alkanes of at least 4 members (excludes halogenated alkanes) is 1. The summed E-state index contributed by atoms with van der Waals surface area (Å²) in [6.07, 6.45) is 3.39. The number of hydrogen-bond acceptors (Lipinski definition) is 4. The van der Waals surface area contributed by atoms with Crippen LogP contribution in [-0.2, 0) is 9.53 Å². The van der Waals surface area contributed by atoms with Gasteiger partial charge in [0.1, 0.15) is 0 Å². The second kappa shape index (κ2) is 8.97. The first-order chi connectivity index (χ1) is 6.70. The summed E-state index contributed by atoms with van der Waals surface area (Å²) < 4.78 is 4.81. The van der Waals surface area contributed by atoms with Gasteiger partial charge in [-0.05, 0) is 33.4 Å². The Morgan fingerprint density at radius 1 is 1.50 bits per heavy atom. The predicted octanol–water partition coefficient (Wildman–Crippen LogP) is 0.657. The van der Waals surface area contributed by atoms with Gasteiger partial charge in [-0.15, -0.1) is 0 Å². The average molecular weight is 202 g/mol. The van der Waals surface area contributed by atoms with Crippen LogP contribution in [0.2, 0.25) is 0 Å². The maximum absolute atomic E-state index is 11.0. The van der Waals surface area contributed by atoms with Gasteiger partial charge in [0, 0.05) is 6.04 Å². The molecule has 0 aromatic carbocycles. The highest BCUT2D eigenvalue weighted by Crippen LogP contribution is 2.02. The maximum atomic E-state index is 11.0. The Balaban J connectivity index is 3.35. The summed E-state index contributed by atoms with van der Waals surface area (Å²) in [5.41, 5.74) is 5.77. The highest BCUT2D eigenvalue weighted by molar-refractivity contribution is 5.70. The number of nitrogens with two attached hydrogens (primary N) is 1. The second-order valence-corrected chi connectivity index (χ2v) is 3.37. The molecule has 1 atom stereocenters. The molecule has 0 aromatic heterocycles. The zero-order chi connectivity index (χ0) is 10.8. The van der Waals surface area contributed by atoms with Crippen molar-refractivity contribution in [3.63, 3.8) is 0 Å². The number of hydrogen-bond donors (Lipinski definition) is 2. The third-order valence-electron chi connectivity index (χ3n) is 1.99. The molecule has 0 aliphatic heterocycles. The molecule has 0 rings (SSSR count). The molecule has 0 aliphatic carbocycles. The fourth-order valence-electron chi connectivity index (χ4n) is 1.24. The van der Waals surface area contributed by atoms with Gasteiger partial charge in [-0.1, -0.05) is 6.42 Å². The van der Waals surface area contributed by atoms with Crippen molar-refractivity contribution < 1.29 is 9.53 Å². The van der Waals surface area contributed by atoms with Crippen LogP contribution in [0.15, 0.2) is 0 Å². The van der Waals surface area contributed by atoms with Crippen LogP contribution in [0.25, 0.3) is 0 Å². The molecule has 1 unspecified atom stereocenters. The molecule has 4 heteroatoms. The summed E-state index contributed by atoms with van der Waals surface area (Å²) in [4.78, 5) is 11.0. The largest absolute Gasteiger partial charge is 0.466 e. The number of ether oxygens (including phenoxy) is 1. The molecule has 0 amide bonds. The monoisotopic (exact) mass is 202 g/mol. The lowest BCUT2D eigenvalue weighted by atomic mass is 10.1. The number of esters is 1. The van der Waals surface area contributed by atoms with E-state index in [1.807, 2.05) is 7.05 Å². The van der Waals surface area contributed by atoms with E-state index in [1.54, 1.807) is 6.92 Å². The van der Waals surface area contributed by atoms with Crippen molar-refractivity contribution in [1.82, 2.24) is 5.32 Å². The number of carbonyl (C=O) groups excluding carboxylic acids is 1. The first kappa shape index (κ1) is 13.4. The van der Waals surface area contributed by atoms with Crippen molar-refractivity contribution in [3.05, 3.63) is 0 Å². The molecule has 0 radical (unpaired) electrons. The molecule has 0 bridgehead atoms. The van der Waals surface area contributed by atoms with E-state index in [2.05, 4.69) is 5.32 Å². The van der Waals surface area contributed by atoms with Crippen molar-refractivity contribution >= 4 is 5.97 Å². The highest BCUT2D eigenvalue weighted by Gasteiger charge is 2.09. The van der Waals surface area contributed by atoms with Crippen molar-refractivity contribution in [2.45, 2.75) is 38.6 Å². The molecule has 0 saturated heterocycles. The standard InChI is InChI=1S/C10H22N2O2/c1-3-14-10(13)8-9(11)6-4-5-7-12-2/h9,12H,3-8,11H2,1-2H3. The van der Waals surface area contributed by atoms with Crippen LogP contribution in [0.3, 0.4) is 0 Å². The van der Waals surface area contributed by atoms with Gasteiger partial charge < -0.3 is 15.8 Å². The first-order valence-electron chi connectivity index (χ1n) is 5.26. The molecule has 0 spiro atoms. The quantitative estimate of drug-likeness (QED) is 0.448. The van der Waals surface area contributed by atoms with Gasteiger partial charge in [0.05, 0.1) is 13.0 Å². The van der Waals surface area contributed by atoms with E-state index < -0.39 is 0 Å². The maximum Gasteiger partial charge on any atom is 0.307 e. The van der Waals surface area contributed by atoms with Crippen LogP contribution in [0.5, 0.6) is 0 Å². The Morgan fingerprint density at radius 2 is 2.21 bits per heavy atom.